The molecule has 0 amide bonds. The molecule has 6 heteroatoms. The summed E-state index contributed by atoms with van der Waals surface area (Å²) in [5.41, 5.74) is 1.60. The lowest BCUT2D eigenvalue weighted by atomic mass is 10.2. The number of hydrogen-bond donors (Lipinski definition) is 0. The van der Waals surface area contributed by atoms with Crippen LogP contribution in [0.15, 0.2) is 36.4 Å². The highest BCUT2D eigenvalue weighted by Crippen LogP contribution is 2.28. The molecule has 2 aromatic carbocycles. The Balaban J connectivity index is 2.19. The van der Waals surface area contributed by atoms with Crippen LogP contribution in [-0.2, 0) is 6.54 Å². The summed E-state index contributed by atoms with van der Waals surface area (Å²) < 4.78 is 33.9. The van der Waals surface area contributed by atoms with Gasteiger partial charge < -0.3 is 9.30 Å². The Morgan fingerprint density at radius 3 is 2.52 bits per heavy atom. The quantitative estimate of drug-likeness (QED) is 0.734. The molecule has 0 aliphatic carbocycles. The molecule has 0 atom stereocenters. The van der Waals surface area contributed by atoms with E-state index in [0.717, 1.165) is 17.7 Å². The molecule has 0 radical (unpaired) electrons. The van der Waals surface area contributed by atoms with Gasteiger partial charge in [-0.3, -0.25) is 0 Å². The second-order valence-corrected chi connectivity index (χ2v) is 4.98. The van der Waals surface area contributed by atoms with Gasteiger partial charge in [0, 0.05) is 24.2 Å². The molecule has 0 fully saturated rings. The van der Waals surface area contributed by atoms with Crippen molar-refractivity contribution in [3.63, 3.8) is 0 Å². The minimum atomic E-state index is -0.941. The monoisotopic (exact) mass is 313 g/mol. The van der Waals surface area contributed by atoms with Gasteiger partial charge in [-0.2, -0.15) is 5.26 Å². The molecule has 4 nitrogen and oxygen atoms in total. The molecule has 23 heavy (non-hydrogen) atoms. The molecule has 1 heterocycles. The van der Waals surface area contributed by atoms with E-state index < -0.39 is 11.6 Å². The normalized spacial score (nSPS) is 10.7. The van der Waals surface area contributed by atoms with E-state index in [2.05, 4.69) is 11.1 Å². The largest absolute Gasteiger partial charge is 0.497 e. The molecule has 0 N–H and O–H groups in total. The van der Waals surface area contributed by atoms with Crippen molar-refractivity contribution in [2.45, 2.75) is 13.0 Å². The Bertz CT molecular complexity index is 895. The third-order valence-corrected chi connectivity index (χ3v) is 3.59. The fourth-order valence-corrected chi connectivity index (χ4v) is 2.47. The second-order valence-electron chi connectivity index (χ2n) is 4.98. The van der Waals surface area contributed by atoms with Gasteiger partial charge >= 0.3 is 0 Å². The molecule has 0 unspecified atom stereocenters. The van der Waals surface area contributed by atoms with Crippen LogP contribution in [0.3, 0.4) is 0 Å². The van der Waals surface area contributed by atoms with Crippen LogP contribution in [0.2, 0.25) is 0 Å². The van der Waals surface area contributed by atoms with Crippen molar-refractivity contribution in [1.29, 1.82) is 5.26 Å². The van der Waals surface area contributed by atoms with Gasteiger partial charge in [-0.15, -0.1) is 0 Å². The number of aromatic nitrogens is 2. The van der Waals surface area contributed by atoms with Gasteiger partial charge in [0.1, 0.15) is 11.6 Å². The molecule has 1 aromatic heterocycles. The van der Waals surface area contributed by atoms with E-state index >= 15 is 0 Å². The average molecular weight is 313 g/mol. The number of methoxy groups -OCH3 is 1. The molecule has 0 aliphatic rings. The van der Waals surface area contributed by atoms with Crippen LogP contribution in [0.4, 0.5) is 8.78 Å². The van der Waals surface area contributed by atoms with Crippen LogP contribution in [0, 0.1) is 23.0 Å². The van der Waals surface area contributed by atoms with Gasteiger partial charge in [0.25, 0.3) is 0 Å². The minimum Gasteiger partial charge on any atom is -0.497 e. The Morgan fingerprint density at radius 1 is 1.17 bits per heavy atom. The van der Waals surface area contributed by atoms with Crippen molar-refractivity contribution in [3.05, 3.63) is 48.0 Å². The number of ether oxygens (including phenoxy) is 1. The topological polar surface area (TPSA) is 50.8 Å². The predicted molar refractivity (Wildman–Crippen MR) is 81.9 cm³/mol. The summed E-state index contributed by atoms with van der Waals surface area (Å²) in [6, 6.07) is 11.4. The Kier molecular flexibility index (Phi) is 3.94. The molecular weight excluding hydrogens is 300 g/mol. The number of fused-ring (bicyclic) bond motifs is 1. The number of nitrogens with zero attached hydrogens (tertiary/aromatic N) is 3. The Labute approximate surface area is 131 Å². The van der Waals surface area contributed by atoms with Gasteiger partial charge in [0.15, 0.2) is 11.6 Å². The number of benzene rings is 2. The summed E-state index contributed by atoms with van der Waals surface area (Å²) in [5.74, 6) is -0.617. The fraction of sp³-hybridized carbons (Fsp3) is 0.176. The summed E-state index contributed by atoms with van der Waals surface area (Å²) in [6.07, 6.45) is 0.244. The molecule has 0 bridgehead atoms. The van der Waals surface area contributed by atoms with E-state index in [4.69, 9.17) is 10.00 Å². The maximum absolute atomic E-state index is 13.6. The fourth-order valence-electron chi connectivity index (χ4n) is 2.47. The standard InChI is InChI=1S/C17H13F2N3O/c1-23-12-5-3-11(4-6-12)17-21-15-9-13(18)14(19)10-16(15)22(17)8-2-7-20/h3-6,9-10H,2,8H2,1H3. The maximum Gasteiger partial charge on any atom is 0.161 e. The molecule has 0 saturated heterocycles. The minimum absolute atomic E-state index is 0.244. The third-order valence-electron chi connectivity index (χ3n) is 3.59. The van der Waals surface area contributed by atoms with E-state index in [-0.39, 0.29) is 6.42 Å². The van der Waals surface area contributed by atoms with Crippen molar-refractivity contribution < 1.29 is 13.5 Å². The predicted octanol–water partition coefficient (Wildman–Crippen LogP) is 3.90. The highest BCUT2D eigenvalue weighted by Gasteiger charge is 2.15. The lowest BCUT2D eigenvalue weighted by Crippen LogP contribution is -2.00. The zero-order chi connectivity index (χ0) is 16.4. The van der Waals surface area contributed by atoms with Gasteiger partial charge in [0.2, 0.25) is 0 Å². The third kappa shape index (κ3) is 2.73. The summed E-state index contributed by atoms with van der Waals surface area (Å²) in [6.45, 7) is 0.347. The summed E-state index contributed by atoms with van der Waals surface area (Å²) in [7, 11) is 1.57. The molecule has 0 saturated carbocycles. The van der Waals surface area contributed by atoms with E-state index in [1.807, 2.05) is 12.1 Å². The number of hydrogen-bond acceptors (Lipinski definition) is 3. The van der Waals surface area contributed by atoms with Gasteiger partial charge in [0.05, 0.1) is 30.6 Å². The van der Waals surface area contributed by atoms with Crippen molar-refractivity contribution in [2.24, 2.45) is 0 Å². The average Bonchev–Trinajstić information content (AvgIpc) is 2.91. The van der Waals surface area contributed by atoms with Crippen LogP contribution in [0.1, 0.15) is 6.42 Å². The summed E-state index contributed by atoms with van der Waals surface area (Å²) in [5, 5.41) is 8.83. The van der Waals surface area contributed by atoms with Crippen LogP contribution in [0.25, 0.3) is 22.4 Å². The highest BCUT2D eigenvalue weighted by molar-refractivity contribution is 5.81. The lowest BCUT2D eigenvalue weighted by Gasteiger charge is -2.08. The van der Waals surface area contributed by atoms with Gasteiger partial charge in [-0.05, 0) is 24.3 Å². The first-order chi connectivity index (χ1) is 11.1. The number of imidazole rings is 1. The summed E-state index contributed by atoms with van der Waals surface area (Å²) >= 11 is 0. The molecule has 3 aromatic rings. The molecular formula is C17H13F2N3O. The lowest BCUT2D eigenvalue weighted by molar-refractivity contribution is 0.415. The maximum atomic E-state index is 13.6. The Hall–Kier alpha value is -2.94. The van der Waals surface area contributed by atoms with E-state index in [0.29, 0.717) is 29.2 Å². The first-order valence-corrected chi connectivity index (χ1v) is 7.00. The molecule has 116 valence electrons. The summed E-state index contributed by atoms with van der Waals surface area (Å²) in [4.78, 5) is 4.40. The van der Waals surface area contributed by atoms with Crippen molar-refractivity contribution >= 4 is 11.0 Å². The Morgan fingerprint density at radius 2 is 1.87 bits per heavy atom. The van der Waals surface area contributed by atoms with Crippen LogP contribution >= 0.6 is 0 Å². The van der Waals surface area contributed by atoms with Crippen molar-refractivity contribution in [3.8, 4) is 23.2 Å². The molecule has 0 aliphatic heterocycles. The second kappa shape index (κ2) is 6.05. The zero-order valence-corrected chi connectivity index (χ0v) is 12.4. The molecule has 0 spiro atoms. The van der Waals surface area contributed by atoms with E-state index in [1.54, 1.807) is 23.8 Å². The number of rotatable bonds is 4. The van der Waals surface area contributed by atoms with Crippen molar-refractivity contribution in [1.82, 2.24) is 9.55 Å². The van der Waals surface area contributed by atoms with E-state index in [1.165, 1.54) is 0 Å². The molecule has 3 rings (SSSR count). The zero-order valence-electron chi connectivity index (χ0n) is 12.4. The smallest absolute Gasteiger partial charge is 0.161 e. The van der Waals surface area contributed by atoms with Crippen molar-refractivity contribution in [2.75, 3.05) is 7.11 Å². The number of halogens is 2. The highest BCUT2D eigenvalue weighted by atomic mass is 19.2. The number of aryl methyl sites for hydroxylation is 1. The van der Waals surface area contributed by atoms with Crippen LogP contribution in [-0.4, -0.2) is 16.7 Å². The van der Waals surface area contributed by atoms with Gasteiger partial charge in [-0.1, -0.05) is 0 Å². The van der Waals surface area contributed by atoms with Crippen LogP contribution < -0.4 is 4.74 Å². The first kappa shape index (κ1) is 15.0. The van der Waals surface area contributed by atoms with Gasteiger partial charge in [-0.25, -0.2) is 13.8 Å². The van der Waals surface area contributed by atoms with E-state index in [9.17, 15) is 8.78 Å². The van der Waals surface area contributed by atoms with Crippen LogP contribution in [0.5, 0.6) is 5.75 Å². The number of nitriles is 1. The first-order valence-electron chi connectivity index (χ1n) is 7.00. The SMILES string of the molecule is COc1ccc(-c2nc3cc(F)c(F)cc3n2CCC#N)cc1.